The molecule has 1 unspecified atom stereocenters. The van der Waals surface area contributed by atoms with Crippen molar-refractivity contribution >= 4 is 17.6 Å². The van der Waals surface area contributed by atoms with Crippen molar-refractivity contribution in [1.29, 1.82) is 0 Å². The zero-order chi connectivity index (χ0) is 15.5. The topological polar surface area (TPSA) is 55.8 Å². The Morgan fingerprint density at radius 2 is 2.05 bits per heavy atom. The normalized spacial score (nSPS) is 22.1. The lowest BCUT2D eigenvalue weighted by Crippen LogP contribution is -2.39. The number of aryl methyl sites for hydroxylation is 1. The van der Waals surface area contributed by atoms with Crippen molar-refractivity contribution in [3.63, 3.8) is 0 Å². The smallest absolute Gasteiger partial charge is 0.353 e. The second-order valence-corrected chi connectivity index (χ2v) is 5.59. The van der Waals surface area contributed by atoms with Crippen LogP contribution in [0, 0.1) is 0 Å². The average molecular weight is 311 g/mol. The maximum atomic E-state index is 11.7. The van der Waals surface area contributed by atoms with Crippen molar-refractivity contribution in [1.82, 2.24) is 0 Å². The van der Waals surface area contributed by atoms with Crippen LogP contribution in [0.5, 0.6) is 5.75 Å². The second kappa shape index (κ2) is 6.39. The third-order valence-corrected chi connectivity index (χ3v) is 4.28. The zero-order valence-corrected chi connectivity index (χ0v) is 12.9. The van der Waals surface area contributed by atoms with Crippen molar-refractivity contribution in [2.24, 2.45) is 0 Å². The summed E-state index contributed by atoms with van der Waals surface area (Å²) in [6.07, 6.45) is 2.28. The first kappa shape index (κ1) is 15.7. The summed E-state index contributed by atoms with van der Waals surface area (Å²) in [7, 11) is 1.63. The van der Waals surface area contributed by atoms with Crippen molar-refractivity contribution in [3.05, 3.63) is 40.6 Å². The van der Waals surface area contributed by atoms with Crippen LogP contribution in [0.25, 0.3) is 0 Å². The summed E-state index contributed by atoms with van der Waals surface area (Å²) >= 11 is 5.69. The molecule has 5 heteroatoms. The van der Waals surface area contributed by atoms with Crippen LogP contribution in [-0.4, -0.2) is 23.8 Å². The fourth-order valence-corrected chi connectivity index (χ4v) is 2.56. The Hall–Kier alpha value is -1.68. The number of hydrogen-bond donors (Lipinski definition) is 1. The van der Waals surface area contributed by atoms with Gasteiger partial charge in [0.15, 0.2) is 5.03 Å². The molecule has 0 saturated carbocycles. The van der Waals surface area contributed by atoms with Crippen LogP contribution >= 0.6 is 11.6 Å². The number of aliphatic hydroxyl groups is 1. The van der Waals surface area contributed by atoms with Gasteiger partial charge in [0.05, 0.1) is 7.11 Å². The highest BCUT2D eigenvalue weighted by molar-refractivity contribution is 6.41. The molecule has 4 nitrogen and oxygen atoms in total. The molecule has 1 atom stereocenters. The Morgan fingerprint density at radius 1 is 1.38 bits per heavy atom. The summed E-state index contributed by atoms with van der Waals surface area (Å²) in [6.45, 7) is 1.94. The number of ether oxygens (including phenoxy) is 2. The third-order valence-electron chi connectivity index (χ3n) is 3.90. The molecule has 2 rings (SSSR count). The Kier molecular flexibility index (Phi) is 4.78. The number of methoxy groups -OCH3 is 1. The number of esters is 1. The number of carbonyl (C=O) groups excluding carboxylic acids is 1. The predicted octanol–water partition coefficient (Wildman–Crippen LogP) is 3.73. The monoisotopic (exact) mass is 310 g/mol. The standard InChI is InChI=1S/C16H19ClO4/c1-3-16(10-13(18)14(17)15(19)21-16)9-8-11-4-6-12(20-2)7-5-11/h4-7,18H,3,8-10H2,1-2H3. The summed E-state index contributed by atoms with van der Waals surface area (Å²) < 4.78 is 10.6. The van der Waals surface area contributed by atoms with E-state index in [0.717, 1.165) is 17.7 Å². The summed E-state index contributed by atoms with van der Waals surface area (Å²) in [5.41, 5.74) is 0.444. The first-order valence-corrected chi connectivity index (χ1v) is 7.31. The highest BCUT2D eigenvalue weighted by Crippen LogP contribution is 2.36. The predicted molar refractivity (Wildman–Crippen MR) is 80.6 cm³/mol. The molecule has 0 amide bonds. The van der Waals surface area contributed by atoms with E-state index < -0.39 is 11.6 Å². The van der Waals surface area contributed by atoms with Crippen molar-refractivity contribution in [2.45, 2.75) is 38.2 Å². The average Bonchev–Trinajstić information content (AvgIpc) is 2.51. The maximum Gasteiger partial charge on any atom is 0.353 e. The van der Waals surface area contributed by atoms with Gasteiger partial charge in [-0.2, -0.15) is 0 Å². The Balaban J connectivity index is 2.07. The van der Waals surface area contributed by atoms with Crippen molar-refractivity contribution in [3.8, 4) is 5.75 Å². The molecule has 21 heavy (non-hydrogen) atoms. The van der Waals surface area contributed by atoms with Gasteiger partial charge in [0.25, 0.3) is 0 Å². The lowest BCUT2D eigenvalue weighted by atomic mass is 9.86. The number of carbonyl (C=O) groups is 1. The van der Waals surface area contributed by atoms with Crippen LogP contribution < -0.4 is 4.74 Å². The fourth-order valence-electron chi connectivity index (χ4n) is 2.46. The molecule has 1 heterocycles. The van der Waals surface area contributed by atoms with Crippen LogP contribution in [0.15, 0.2) is 35.1 Å². The Morgan fingerprint density at radius 3 is 2.57 bits per heavy atom. The molecule has 0 spiro atoms. The summed E-state index contributed by atoms with van der Waals surface area (Å²) in [5, 5.41) is 9.61. The van der Waals surface area contributed by atoms with Gasteiger partial charge in [-0.3, -0.25) is 0 Å². The molecule has 114 valence electrons. The minimum absolute atomic E-state index is 0.0792. The molecular weight excluding hydrogens is 292 g/mol. The van der Waals surface area contributed by atoms with E-state index in [0.29, 0.717) is 12.8 Å². The van der Waals surface area contributed by atoms with Crippen LogP contribution in [0.4, 0.5) is 0 Å². The molecule has 1 N–H and O–H groups in total. The van der Waals surface area contributed by atoms with Crippen LogP contribution in [0.3, 0.4) is 0 Å². The van der Waals surface area contributed by atoms with Crippen LogP contribution in [0.1, 0.15) is 31.7 Å². The fraction of sp³-hybridized carbons (Fsp3) is 0.438. The molecule has 1 aromatic carbocycles. The van der Waals surface area contributed by atoms with E-state index in [4.69, 9.17) is 21.1 Å². The van der Waals surface area contributed by atoms with Crippen LogP contribution in [-0.2, 0) is 16.0 Å². The second-order valence-electron chi connectivity index (χ2n) is 5.21. The molecular formula is C16H19ClO4. The highest BCUT2D eigenvalue weighted by Gasteiger charge is 2.39. The minimum Gasteiger partial charge on any atom is -0.510 e. The lowest BCUT2D eigenvalue weighted by molar-refractivity contribution is -0.159. The van der Waals surface area contributed by atoms with Gasteiger partial charge >= 0.3 is 5.97 Å². The number of cyclic esters (lactones) is 1. The van der Waals surface area contributed by atoms with E-state index >= 15 is 0 Å². The van der Waals surface area contributed by atoms with Gasteiger partial charge in [0.2, 0.25) is 0 Å². The zero-order valence-electron chi connectivity index (χ0n) is 12.2. The molecule has 0 aliphatic carbocycles. The summed E-state index contributed by atoms with van der Waals surface area (Å²) in [4.78, 5) is 11.7. The first-order chi connectivity index (χ1) is 9.99. The number of aliphatic hydroxyl groups excluding tert-OH is 1. The Bertz CT molecular complexity index is 550. The van der Waals surface area contributed by atoms with Gasteiger partial charge in [0, 0.05) is 6.42 Å². The molecule has 0 fully saturated rings. The molecule has 1 aliphatic heterocycles. The number of halogens is 1. The SMILES string of the molecule is CCC1(CCc2ccc(OC)cc2)CC(O)=C(Cl)C(=O)O1. The van der Waals surface area contributed by atoms with Gasteiger partial charge in [-0.25, -0.2) is 4.79 Å². The van der Waals surface area contributed by atoms with Gasteiger partial charge in [-0.05, 0) is 37.0 Å². The number of hydrogen-bond acceptors (Lipinski definition) is 4. The maximum absolute atomic E-state index is 11.7. The van der Waals surface area contributed by atoms with Gasteiger partial charge < -0.3 is 14.6 Å². The van der Waals surface area contributed by atoms with Gasteiger partial charge in [-0.15, -0.1) is 0 Å². The van der Waals surface area contributed by atoms with Gasteiger partial charge in [-0.1, -0.05) is 30.7 Å². The van der Waals surface area contributed by atoms with E-state index in [1.165, 1.54) is 0 Å². The van der Waals surface area contributed by atoms with E-state index in [9.17, 15) is 9.90 Å². The third kappa shape index (κ3) is 3.50. The molecule has 1 aliphatic rings. The summed E-state index contributed by atoms with van der Waals surface area (Å²) in [5.74, 6) is 0.0851. The highest BCUT2D eigenvalue weighted by atomic mass is 35.5. The van der Waals surface area contributed by atoms with E-state index in [2.05, 4.69) is 0 Å². The summed E-state index contributed by atoms with van der Waals surface area (Å²) in [6, 6.07) is 7.76. The van der Waals surface area contributed by atoms with Crippen molar-refractivity contribution < 1.29 is 19.4 Å². The molecule has 0 bridgehead atoms. The lowest BCUT2D eigenvalue weighted by Gasteiger charge is -2.35. The van der Waals surface area contributed by atoms with Gasteiger partial charge in [0.1, 0.15) is 17.1 Å². The van der Waals surface area contributed by atoms with Crippen LogP contribution in [0.2, 0.25) is 0 Å². The van der Waals surface area contributed by atoms with E-state index in [-0.39, 0.29) is 17.2 Å². The molecule has 0 saturated heterocycles. The van der Waals surface area contributed by atoms with E-state index in [1.54, 1.807) is 7.11 Å². The largest absolute Gasteiger partial charge is 0.510 e. The van der Waals surface area contributed by atoms with E-state index in [1.807, 2.05) is 31.2 Å². The minimum atomic E-state index is -0.681. The Labute approximate surface area is 129 Å². The number of benzene rings is 1. The quantitative estimate of drug-likeness (QED) is 0.842. The molecule has 0 radical (unpaired) electrons. The number of rotatable bonds is 5. The van der Waals surface area contributed by atoms with Crippen molar-refractivity contribution in [2.75, 3.05) is 7.11 Å². The first-order valence-electron chi connectivity index (χ1n) is 6.93. The molecule has 0 aromatic heterocycles. The molecule has 1 aromatic rings.